The molecule has 1 fully saturated rings. The molecule has 0 aliphatic carbocycles. The van der Waals surface area contributed by atoms with Crippen molar-refractivity contribution >= 4 is 11.7 Å². The van der Waals surface area contributed by atoms with E-state index in [1.807, 2.05) is 36.0 Å². The van der Waals surface area contributed by atoms with E-state index >= 15 is 0 Å². The Labute approximate surface area is 154 Å². The molecule has 2 aromatic heterocycles. The van der Waals surface area contributed by atoms with Crippen LogP contribution < -0.4 is 10.2 Å². The second-order valence-corrected chi connectivity index (χ2v) is 6.92. The molecule has 0 atom stereocenters. The highest BCUT2D eigenvalue weighted by Gasteiger charge is 2.20. The van der Waals surface area contributed by atoms with E-state index in [4.69, 9.17) is 0 Å². The second-order valence-electron chi connectivity index (χ2n) is 6.92. The molecule has 1 amide bonds. The molecule has 0 aromatic carbocycles. The third kappa shape index (κ3) is 4.37. The maximum absolute atomic E-state index is 12.3. The molecule has 0 radical (unpaired) electrons. The maximum atomic E-state index is 12.3. The van der Waals surface area contributed by atoms with Crippen LogP contribution in [0.5, 0.6) is 0 Å². The lowest BCUT2D eigenvalue weighted by Gasteiger charge is -2.34. The number of anilines is 1. The van der Waals surface area contributed by atoms with E-state index in [0.29, 0.717) is 19.0 Å². The van der Waals surface area contributed by atoms with Gasteiger partial charge in [-0.25, -0.2) is 4.98 Å². The Bertz CT molecular complexity index is 720. The minimum absolute atomic E-state index is 0.0189. The summed E-state index contributed by atoms with van der Waals surface area (Å²) in [4.78, 5) is 21.1. The molecular weight excluding hydrogens is 330 g/mol. The van der Waals surface area contributed by atoms with Gasteiger partial charge < -0.3 is 14.8 Å². The highest BCUT2D eigenvalue weighted by molar-refractivity contribution is 5.77. The molecule has 1 aliphatic rings. The van der Waals surface area contributed by atoms with Crippen LogP contribution in [0.2, 0.25) is 0 Å². The van der Waals surface area contributed by atoms with Crippen LogP contribution in [0.4, 0.5) is 5.82 Å². The number of carbonyl (C=O) groups is 1. The van der Waals surface area contributed by atoms with Gasteiger partial charge in [0.05, 0.1) is 13.1 Å². The van der Waals surface area contributed by atoms with Gasteiger partial charge in [0.15, 0.2) is 5.82 Å². The van der Waals surface area contributed by atoms with Crippen molar-refractivity contribution in [1.82, 2.24) is 30.0 Å². The van der Waals surface area contributed by atoms with E-state index in [1.54, 1.807) is 0 Å². The van der Waals surface area contributed by atoms with Crippen molar-refractivity contribution in [3.05, 3.63) is 36.0 Å². The zero-order valence-corrected chi connectivity index (χ0v) is 15.7. The molecule has 2 aromatic rings. The average Bonchev–Trinajstić information content (AvgIpc) is 3.02. The van der Waals surface area contributed by atoms with Crippen molar-refractivity contribution in [2.45, 2.75) is 26.3 Å². The van der Waals surface area contributed by atoms with Crippen LogP contribution in [0.3, 0.4) is 0 Å². The molecule has 3 rings (SSSR count). The topological polar surface area (TPSA) is 79.2 Å². The molecule has 8 nitrogen and oxygen atoms in total. The first-order valence-electron chi connectivity index (χ1n) is 9.08. The highest BCUT2D eigenvalue weighted by atomic mass is 16.2. The van der Waals surface area contributed by atoms with E-state index in [0.717, 1.165) is 43.6 Å². The lowest BCUT2D eigenvalue weighted by molar-refractivity contribution is -0.122. The quantitative estimate of drug-likeness (QED) is 0.823. The number of carbonyl (C=O) groups excluding carboxylic acids is 1. The summed E-state index contributed by atoms with van der Waals surface area (Å²) in [5.74, 6) is 3.04. The van der Waals surface area contributed by atoms with Crippen LogP contribution in [-0.2, 0) is 18.4 Å². The number of hydrogen-bond donors (Lipinski definition) is 1. The van der Waals surface area contributed by atoms with Gasteiger partial charge in [0.25, 0.3) is 0 Å². The maximum Gasteiger partial charge on any atom is 0.234 e. The fourth-order valence-corrected chi connectivity index (χ4v) is 3.14. The predicted molar refractivity (Wildman–Crippen MR) is 99.8 cm³/mol. The molecule has 1 aliphatic heterocycles. The number of nitrogens with one attached hydrogen (secondary N) is 1. The first-order chi connectivity index (χ1) is 12.5. The van der Waals surface area contributed by atoms with Crippen molar-refractivity contribution in [1.29, 1.82) is 0 Å². The standard InChI is InChI=1S/C18H27N7O/c1-14(2)18-22-21-16(23(18)3)12-20-17(26)13-24-8-10-25(11-9-24)15-6-4-5-7-19-15/h4-7,14H,8-13H2,1-3H3,(H,20,26). The Hall–Kier alpha value is -2.48. The van der Waals surface area contributed by atoms with E-state index in [9.17, 15) is 4.79 Å². The van der Waals surface area contributed by atoms with Crippen molar-refractivity contribution in [2.75, 3.05) is 37.6 Å². The summed E-state index contributed by atoms with van der Waals surface area (Å²) in [6, 6.07) is 5.94. The fraction of sp³-hybridized carbons (Fsp3) is 0.556. The first kappa shape index (κ1) is 18.3. The van der Waals surface area contributed by atoms with Gasteiger partial charge >= 0.3 is 0 Å². The summed E-state index contributed by atoms with van der Waals surface area (Å²) < 4.78 is 1.95. The third-order valence-electron chi connectivity index (χ3n) is 4.67. The summed E-state index contributed by atoms with van der Waals surface area (Å²) in [5, 5.41) is 11.3. The highest BCUT2D eigenvalue weighted by Crippen LogP contribution is 2.13. The van der Waals surface area contributed by atoms with Crippen molar-refractivity contribution in [3.8, 4) is 0 Å². The van der Waals surface area contributed by atoms with Crippen LogP contribution in [0.25, 0.3) is 0 Å². The molecule has 0 unspecified atom stereocenters. The van der Waals surface area contributed by atoms with Crippen LogP contribution in [-0.4, -0.2) is 63.3 Å². The van der Waals surface area contributed by atoms with Crippen LogP contribution >= 0.6 is 0 Å². The van der Waals surface area contributed by atoms with E-state index < -0.39 is 0 Å². The Kier molecular flexibility index (Phi) is 5.82. The second kappa shape index (κ2) is 8.27. The van der Waals surface area contributed by atoms with E-state index in [1.165, 1.54) is 0 Å². The van der Waals surface area contributed by atoms with Crippen molar-refractivity contribution in [2.24, 2.45) is 7.05 Å². The van der Waals surface area contributed by atoms with Crippen LogP contribution in [0, 0.1) is 0 Å². The molecule has 3 heterocycles. The lowest BCUT2D eigenvalue weighted by Crippen LogP contribution is -2.49. The van der Waals surface area contributed by atoms with Gasteiger partial charge in [-0.15, -0.1) is 10.2 Å². The SMILES string of the molecule is CC(C)c1nnc(CNC(=O)CN2CCN(c3ccccn3)CC2)n1C. The third-order valence-corrected chi connectivity index (χ3v) is 4.67. The Balaban J connectivity index is 1.43. The minimum atomic E-state index is 0.0189. The number of rotatable bonds is 6. The molecule has 0 saturated carbocycles. The molecule has 1 saturated heterocycles. The van der Waals surface area contributed by atoms with E-state index in [2.05, 4.69) is 44.1 Å². The van der Waals surface area contributed by atoms with Gasteiger partial charge in [0.1, 0.15) is 11.6 Å². The summed E-state index contributed by atoms with van der Waals surface area (Å²) in [7, 11) is 1.94. The van der Waals surface area contributed by atoms with Gasteiger partial charge in [-0.1, -0.05) is 19.9 Å². The van der Waals surface area contributed by atoms with Gasteiger partial charge in [-0.2, -0.15) is 0 Å². The lowest BCUT2D eigenvalue weighted by atomic mass is 10.2. The van der Waals surface area contributed by atoms with E-state index in [-0.39, 0.29) is 5.91 Å². The summed E-state index contributed by atoms with van der Waals surface area (Å²) in [6.45, 7) is 8.44. The predicted octanol–water partition coefficient (Wildman–Crippen LogP) is 0.772. The Morgan fingerprint density at radius 2 is 1.96 bits per heavy atom. The fourth-order valence-electron chi connectivity index (χ4n) is 3.14. The molecule has 140 valence electrons. The molecule has 0 spiro atoms. The van der Waals surface area contributed by atoms with Crippen molar-refractivity contribution in [3.63, 3.8) is 0 Å². The Morgan fingerprint density at radius 3 is 2.58 bits per heavy atom. The monoisotopic (exact) mass is 357 g/mol. The van der Waals surface area contributed by atoms with Crippen LogP contribution in [0.15, 0.2) is 24.4 Å². The number of amides is 1. The number of aromatic nitrogens is 4. The summed E-state index contributed by atoms with van der Waals surface area (Å²) in [5.41, 5.74) is 0. The number of piperazine rings is 1. The summed E-state index contributed by atoms with van der Waals surface area (Å²) in [6.07, 6.45) is 1.81. The number of hydrogen-bond acceptors (Lipinski definition) is 6. The number of nitrogens with zero attached hydrogens (tertiary/aromatic N) is 6. The Morgan fingerprint density at radius 1 is 1.19 bits per heavy atom. The molecule has 26 heavy (non-hydrogen) atoms. The zero-order valence-electron chi connectivity index (χ0n) is 15.7. The normalized spacial score (nSPS) is 15.5. The average molecular weight is 357 g/mol. The molecule has 0 bridgehead atoms. The van der Waals surface area contributed by atoms with Gasteiger partial charge in [-0.3, -0.25) is 9.69 Å². The van der Waals surface area contributed by atoms with Gasteiger partial charge in [0, 0.05) is 45.3 Å². The van der Waals surface area contributed by atoms with Gasteiger partial charge in [-0.05, 0) is 12.1 Å². The molecule has 8 heteroatoms. The molecular formula is C18H27N7O. The largest absolute Gasteiger partial charge is 0.354 e. The minimum Gasteiger partial charge on any atom is -0.354 e. The van der Waals surface area contributed by atoms with Gasteiger partial charge in [0.2, 0.25) is 5.91 Å². The molecule has 1 N–H and O–H groups in total. The smallest absolute Gasteiger partial charge is 0.234 e. The summed E-state index contributed by atoms with van der Waals surface area (Å²) >= 11 is 0. The van der Waals surface area contributed by atoms with Crippen molar-refractivity contribution < 1.29 is 4.79 Å². The number of pyridine rings is 1. The zero-order chi connectivity index (χ0) is 18.5. The van der Waals surface area contributed by atoms with Crippen LogP contribution in [0.1, 0.15) is 31.4 Å². The first-order valence-corrected chi connectivity index (χ1v) is 9.08.